The number of ether oxygens (including phenoxy) is 1. The lowest BCUT2D eigenvalue weighted by molar-refractivity contribution is 0.0153. The minimum atomic E-state index is -0.462. The monoisotopic (exact) mass is 306 g/mol. The minimum Gasteiger partial charge on any atom is -0.444 e. The average molecular weight is 306 g/mol. The molecule has 0 bridgehead atoms. The Bertz CT molecular complexity index is 554. The number of aromatic nitrogens is 2. The molecule has 0 saturated carbocycles. The van der Waals surface area contributed by atoms with Gasteiger partial charge in [-0.3, -0.25) is 0 Å². The summed E-state index contributed by atoms with van der Waals surface area (Å²) in [6.45, 7) is 11.1. The van der Waals surface area contributed by atoms with Gasteiger partial charge in [0.2, 0.25) is 0 Å². The van der Waals surface area contributed by atoms with Crippen LogP contribution in [0.25, 0.3) is 0 Å². The van der Waals surface area contributed by atoms with Gasteiger partial charge in [0.25, 0.3) is 0 Å². The van der Waals surface area contributed by atoms with Crippen LogP contribution in [-0.2, 0) is 4.74 Å². The smallest absolute Gasteiger partial charge is 0.410 e. The first-order valence-electron chi connectivity index (χ1n) is 7.75. The van der Waals surface area contributed by atoms with Crippen molar-refractivity contribution < 1.29 is 9.53 Å². The Balaban J connectivity index is 2.05. The largest absolute Gasteiger partial charge is 0.444 e. The molecule has 1 aromatic heterocycles. The maximum atomic E-state index is 12.2. The predicted molar refractivity (Wildman–Crippen MR) is 85.5 cm³/mol. The van der Waals surface area contributed by atoms with E-state index in [4.69, 9.17) is 10.5 Å². The van der Waals surface area contributed by atoms with Crippen LogP contribution in [0.5, 0.6) is 0 Å². The molecule has 0 aromatic carbocycles. The molecule has 1 aliphatic rings. The van der Waals surface area contributed by atoms with Gasteiger partial charge in [0.1, 0.15) is 11.4 Å². The molecule has 1 amide bonds. The Kier molecular flexibility index (Phi) is 4.58. The summed E-state index contributed by atoms with van der Waals surface area (Å²) in [4.78, 5) is 14.0. The maximum absolute atomic E-state index is 12.2. The summed E-state index contributed by atoms with van der Waals surface area (Å²) in [5, 5.41) is 8.25. The fraction of sp³-hybridized carbons (Fsp3) is 0.688. The minimum absolute atomic E-state index is 0.238. The molecule has 1 fully saturated rings. The van der Waals surface area contributed by atoms with Crippen LogP contribution < -0.4 is 5.73 Å². The van der Waals surface area contributed by atoms with Gasteiger partial charge in [-0.1, -0.05) is 6.92 Å². The zero-order valence-electron chi connectivity index (χ0n) is 14.1. The SMILES string of the molecule is Cc1cc(N)nnc1C1CCN(C(=O)OC(C)(C)C)C[C@H]1C. The highest BCUT2D eigenvalue weighted by molar-refractivity contribution is 5.68. The van der Waals surface area contributed by atoms with Crippen molar-refractivity contribution in [3.05, 3.63) is 17.3 Å². The van der Waals surface area contributed by atoms with E-state index in [2.05, 4.69) is 17.1 Å². The number of carbonyl (C=O) groups excluding carboxylic acids is 1. The summed E-state index contributed by atoms with van der Waals surface area (Å²) in [6, 6.07) is 1.86. The number of likely N-dealkylation sites (tertiary alicyclic amines) is 1. The van der Waals surface area contributed by atoms with E-state index >= 15 is 0 Å². The molecule has 1 saturated heterocycles. The normalized spacial score (nSPS) is 22.5. The number of anilines is 1. The van der Waals surface area contributed by atoms with Crippen molar-refractivity contribution in [3.8, 4) is 0 Å². The van der Waals surface area contributed by atoms with Crippen LogP contribution in [-0.4, -0.2) is 39.9 Å². The number of nitrogens with zero attached hydrogens (tertiary/aromatic N) is 3. The molecule has 0 spiro atoms. The van der Waals surface area contributed by atoms with Crippen molar-refractivity contribution in [1.82, 2.24) is 15.1 Å². The van der Waals surface area contributed by atoms with E-state index in [9.17, 15) is 4.79 Å². The van der Waals surface area contributed by atoms with Crippen LogP contribution in [0.3, 0.4) is 0 Å². The topological polar surface area (TPSA) is 81.3 Å². The van der Waals surface area contributed by atoms with Crippen LogP contribution in [0, 0.1) is 12.8 Å². The summed E-state index contributed by atoms with van der Waals surface area (Å²) >= 11 is 0. The van der Waals surface area contributed by atoms with E-state index in [0.717, 1.165) is 17.7 Å². The molecule has 2 heterocycles. The molecule has 6 heteroatoms. The quantitative estimate of drug-likeness (QED) is 0.862. The number of hydrogen-bond acceptors (Lipinski definition) is 5. The molecular weight excluding hydrogens is 280 g/mol. The number of nitrogens with two attached hydrogens (primary N) is 1. The average Bonchev–Trinajstić information content (AvgIpc) is 2.37. The van der Waals surface area contributed by atoms with Gasteiger partial charge < -0.3 is 15.4 Å². The molecule has 2 N–H and O–H groups in total. The molecule has 0 radical (unpaired) electrons. The highest BCUT2D eigenvalue weighted by Crippen LogP contribution is 2.33. The van der Waals surface area contributed by atoms with E-state index < -0.39 is 5.60 Å². The van der Waals surface area contributed by atoms with E-state index in [1.165, 1.54) is 0 Å². The van der Waals surface area contributed by atoms with Crippen molar-refractivity contribution in [2.24, 2.45) is 5.92 Å². The number of piperidine rings is 1. The number of hydrogen-bond donors (Lipinski definition) is 1. The van der Waals surface area contributed by atoms with Crippen LogP contribution in [0.1, 0.15) is 51.3 Å². The van der Waals surface area contributed by atoms with Gasteiger partial charge in [0.15, 0.2) is 0 Å². The molecule has 22 heavy (non-hydrogen) atoms. The summed E-state index contributed by atoms with van der Waals surface area (Å²) in [5.74, 6) is 1.05. The lowest BCUT2D eigenvalue weighted by Crippen LogP contribution is -2.44. The van der Waals surface area contributed by atoms with Crippen molar-refractivity contribution in [2.75, 3.05) is 18.8 Å². The van der Waals surface area contributed by atoms with Crippen molar-refractivity contribution in [2.45, 2.75) is 52.6 Å². The highest BCUT2D eigenvalue weighted by Gasteiger charge is 2.33. The first-order chi connectivity index (χ1) is 10.2. The van der Waals surface area contributed by atoms with E-state index in [-0.39, 0.29) is 6.09 Å². The second-order valence-electron chi connectivity index (χ2n) is 7.14. The summed E-state index contributed by atoms with van der Waals surface area (Å²) in [5.41, 5.74) is 7.26. The van der Waals surface area contributed by atoms with Crippen molar-refractivity contribution in [1.29, 1.82) is 0 Å². The van der Waals surface area contributed by atoms with Gasteiger partial charge in [-0.15, -0.1) is 5.10 Å². The standard InChI is InChI=1S/C16H26N4O2/c1-10-8-13(17)18-19-14(10)12-6-7-20(9-11(12)2)15(21)22-16(3,4)5/h8,11-12H,6-7,9H2,1-5H3,(H2,17,18)/t11-,12?/m1/s1. The van der Waals surface area contributed by atoms with Gasteiger partial charge in [-0.05, 0) is 51.7 Å². The Morgan fingerprint density at radius 3 is 2.64 bits per heavy atom. The van der Waals surface area contributed by atoms with Crippen LogP contribution in [0.15, 0.2) is 6.07 Å². The third-order valence-corrected chi connectivity index (χ3v) is 3.95. The van der Waals surface area contributed by atoms with Gasteiger partial charge in [0, 0.05) is 19.0 Å². The number of carbonyl (C=O) groups is 1. The number of nitrogen functional groups attached to an aromatic ring is 1. The van der Waals surface area contributed by atoms with E-state index in [1.807, 2.05) is 33.8 Å². The third-order valence-electron chi connectivity index (χ3n) is 3.95. The predicted octanol–water partition coefficient (Wildman–Crippen LogP) is 2.73. The molecule has 1 unspecified atom stereocenters. The van der Waals surface area contributed by atoms with Crippen LogP contribution in [0.4, 0.5) is 10.6 Å². The molecule has 1 aliphatic heterocycles. The Hall–Kier alpha value is -1.85. The Labute approximate surface area is 132 Å². The van der Waals surface area contributed by atoms with Crippen molar-refractivity contribution >= 4 is 11.9 Å². The van der Waals surface area contributed by atoms with Crippen molar-refractivity contribution in [3.63, 3.8) is 0 Å². The zero-order valence-corrected chi connectivity index (χ0v) is 14.1. The Morgan fingerprint density at radius 1 is 1.41 bits per heavy atom. The highest BCUT2D eigenvalue weighted by atomic mass is 16.6. The maximum Gasteiger partial charge on any atom is 0.410 e. The van der Waals surface area contributed by atoms with Gasteiger partial charge in [-0.2, -0.15) is 5.10 Å². The van der Waals surface area contributed by atoms with Gasteiger partial charge >= 0.3 is 6.09 Å². The molecule has 2 atom stereocenters. The molecule has 122 valence electrons. The summed E-state index contributed by atoms with van der Waals surface area (Å²) < 4.78 is 5.45. The summed E-state index contributed by atoms with van der Waals surface area (Å²) in [6.07, 6.45) is 0.623. The van der Waals surface area contributed by atoms with Crippen LogP contribution >= 0.6 is 0 Å². The van der Waals surface area contributed by atoms with Gasteiger partial charge in [-0.25, -0.2) is 4.79 Å². The zero-order chi connectivity index (χ0) is 16.5. The van der Waals surface area contributed by atoms with E-state index in [0.29, 0.717) is 30.7 Å². The lowest BCUT2D eigenvalue weighted by atomic mass is 9.83. The second kappa shape index (κ2) is 6.10. The number of aryl methyl sites for hydroxylation is 1. The molecule has 1 aromatic rings. The fourth-order valence-electron chi connectivity index (χ4n) is 2.93. The Morgan fingerprint density at radius 2 is 2.09 bits per heavy atom. The first kappa shape index (κ1) is 16.5. The van der Waals surface area contributed by atoms with Gasteiger partial charge in [0.05, 0.1) is 5.69 Å². The first-order valence-corrected chi connectivity index (χ1v) is 7.75. The number of amides is 1. The third kappa shape index (κ3) is 3.87. The molecular formula is C16H26N4O2. The molecule has 2 rings (SSSR count). The molecule has 6 nitrogen and oxygen atoms in total. The molecule has 0 aliphatic carbocycles. The van der Waals surface area contributed by atoms with Crippen LogP contribution in [0.2, 0.25) is 0 Å². The number of rotatable bonds is 1. The lowest BCUT2D eigenvalue weighted by Gasteiger charge is -2.37. The summed E-state index contributed by atoms with van der Waals surface area (Å²) in [7, 11) is 0. The second-order valence-corrected chi connectivity index (χ2v) is 7.14. The van der Waals surface area contributed by atoms with E-state index in [1.54, 1.807) is 4.90 Å². The fourth-order valence-corrected chi connectivity index (χ4v) is 2.93.